The second kappa shape index (κ2) is 3.93. The Morgan fingerprint density at radius 2 is 2.38 bits per heavy atom. The Bertz CT molecular complexity index is 477. The fraction of sp³-hybridized carbons (Fsp3) is 0.500. The highest BCUT2D eigenvalue weighted by Crippen LogP contribution is 2.33. The molecule has 5 nitrogen and oxygen atoms in total. The normalized spacial score (nSPS) is 24.6. The Morgan fingerprint density at radius 3 is 2.94 bits per heavy atom. The van der Waals surface area contributed by atoms with Crippen LogP contribution in [0.3, 0.4) is 0 Å². The predicted octanol–water partition coefficient (Wildman–Crippen LogP) is 0.469. The van der Waals surface area contributed by atoms with Crippen LogP contribution in [-0.2, 0) is 10.3 Å². The van der Waals surface area contributed by atoms with Gasteiger partial charge >= 0.3 is 5.97 Å². The molecule has 16 heavy (non-hydrogen) atoms. The Morgan fingerprint density at radius 1 is 1.62 bits per heavy atom. The van der Waals surface area contributed by atoms with Crippen LogP contribution in [-0.4, -0.2) is 32.4 Å². The van der Waals surface area contributed by atoms with E-state index < -0.39 is 11.5 Å². The maximum absolute atomic E-state index is 11.7. The van der Waals surface area contributed by atoms with Crippen molar-refractivity contribution >= 4 is 17.7 Å². The van der Waals surface area contributed by atoms with Crippen LogP contribution in [0.15, 0.2) is 16.9 Å². The summed E-state index contributed by atoms with van der Waals surface area (Å²) in [5, 5.41) is 13.4. The standard InChI is InChI=1S/C10H12N2O3S/c1-7-2-3-8(13)12(11-7)10(9(14)15)4-5-16-6-10/h2-3H,4-6H2,1H3,(H,14,15). The Labute approximate surface area is 96.5 Å². The van der Waals surface area contributed by atoms with Crippen molar-refractivity contribution in [2.75, 3.05) is 11.5 Å². The van der Waals surface area contributed by atoms with Gasteiger partial charge in [0.05, 0.1) is 5.69 Å². The van der Waals surface area contributed by atoms with Crippen molar-refractivity contribution in [1.29, 1.82) is 0 Å². The molecule has 0 saturated carbocycles. The van der Waals surface area contributed by atoms with Crippen LogP contribution < -0.4 is 5.56 Å². The highest BCUT2D eigenvalue weighted by atomic mass is 32.2. The monoisotopic (exact) mass is 240 g/mol. The minimum atomic E-state index is -1.16. The van der Waals surface area contributed by atoms with Gasteiger partial charge in [-0.25, -0.2) is 9.48 Å². The second-order valence-corrected chi connectivity index (χ2v) is 4.97. The van der Waals surface area contributed by atoms with Gasteiger partial charge in [0.2, 0.25) is 0 Å². The van der Waals surface area contributed by atoms with Crippen LogP contribution >= 0.6 is 11.8 Å². The van der Waals surface area contributed by atoms with Gasteiger partial charge < -0.3 is 5.11 Å². The number of aromatic nitrogens is 2. The number of carboxylic acids is 1. The number of rotatable bonds is 2. The molecule has 1 fully saturated rings. The molecule has 1 N–H and O–H groups in total. The first kappa shape index (κ1) is 11.2. The number of nitrogens with zero attached hydrogens (tertiary/aromatic N) is 2. The Hall–Kier alpha value is -1.30. The third-order valence-electron chi connectivity index (χ3n) is 2.74. The summed E-state index contributed by atoms with van der Waals surface area (Å²) in [6.45, 7) is 1.74. The van der Waals surface area contributed by atoms with Crippen LogP contribution in [0.5, 0.6) is 0 Å². The van der Waals surface area contributed by atoms with Gasteiger partial charge in [-0.15, -0.1) is 0 Å². The van der Waals surface area contributed by atoms with E-state index in [9.17, 15) is 14.7 Å². The zero-order valence-electron chi connectivity index (χ0n) is 8.84. The number of aliphatic carboxylic acids is 1. The number of carbonyl (C=O) groups is 1. The van der Waals surface area contributed by atoms with E-state index in [1.807, 2.05) is 0 Å². The quantitative estimate of drug-likeness (QED) is 0.813. The van der Waals surface area contributed by atoms with E-state index in [1.165, 1.54) is 17.8 Å². The lowest BCUT2D eigenvalue weighted by atomic mass is 9.99. The largest absolute Gasteiger partial charge is 0.479 e. The van der Waals surface area contributed by atoms with Crippen molar-refractivity contribution < 1.29 is 9.90 Å². The van der Waals surface area contributed by atoms with E-state index in [2.05, 4.69) is 5.10 Å². The molecule has 1 aliphatic heterocycles. The molecule has 1 saturated heterocycles. The van der Waals surface area contributed by atoms with Gasteiger partial charge in [-0.3, -0.25) is 4.79 Å². The van der Waals surface area contributed by atoms with Gasteiger partial charge in [-0.2, -0.15) is 16.9 Å². The van der Waals surface area contributed by atoms with Gasteiger partial charge in [-0.1, -0.05) is 0 Å². The highest BCUT2D eigenvalue weighted by molar-refractivity contribution is 7.99. The first-order valence-corrected chi connectivity index (χ1v) is 6.10. The molecule has 0 aliphatic carbocycles. The molecule has 1 aromatic heterocycles. The molecule has 1 aliphatic rings. The first-order valence-electron chi connectivity index (χ1n) is 4.95. The van der Waals surface area contributed by atoms with E-state index >= 15 is 0 Å². The lowest BCUT2D eigenvalue weighted by Crippen LogP contribution is -2.49. The topological polar surface area (TPSA) is 72.2 Å². The maximum Gasteiger partial charge on any atom is 0.332 e. The van der Waals surface area contributed by atoms with Crippen LogP contribution in [0.1, 0.15) is 12.1 Å². The average Bonchev–Trinajstić information content (AvgIpc) is 2.71. The summed E-state index contributed by atoms with van der Waals surface area (Å²) in [4.78, 5) is 23.1. The SMILES string of the molecule is Cc1ccc(=O)n(C2(C(=O)O)CCSC2)n1. The maximum atomic E-state index is 11.7. The van der Waals surface area contributed by atoms with Gasteiger partial charge in [-0.05, 0) is 25.2 Å². The molecule has 1 aromatic rings. The molecule has 2 heterocycles. The van der Waals surface area contributed by atoms with E-state index in [1.54, 1.807) is 13.0 Å². The van der Waals surface area contributed by atoms with Crippen LogP contribution in [0.4, 0.5) is 0 Å². The average molecular weight is 240 g/mol. The fourth-order valence-corrected chi connectivity index (χ4v) is 3.14. The van der Waals surface area contributed by atoms with Crippen molar-refractivity contribution in [2.45, 2.75) is 18.9 Å². The highest BCUT2D eigenvalue weighted by Gasteiger charge is 2.45. The zero-order valence-corrected chi connectivity index (χ0v) is 9.66. The van der Waals surface area contributed by atoms with E-state index in [0.29, 0.717) is 17.9 Å². The summed E-state index contributed by atoms with van der Waals surface area (Å²) in [6, 6.07) is 2.96. The molecular weight excluding hydrogens is 228 g/mol. The minimum absolute atomic E-state index is 0.351. The number of thioether (sulfide) groups is 1. The second-order valence-electron chi connectivity index (χ2n) is 3.86. The Balaban J connectivity index is 2.60. The number of hydrogen-bond acceptors (Lipinski definition) is 4. The molecule has 1 unspecified atom stereocenters. The molecule has 0 bridgehead atoms. The van der Waals surface area contributed by atoms with Crippen LogP contribution in [0.25, 0.3) is 0 Å². The molecule has 6 heteroatoms. The summed E-state index contributed by atoms with van der Waals surface area (Å²) in [6.07, 6.45) is 0.448. The zero-order chi connectivity index (χ0) is 11.8. The molecule has 2 rings (SSSR count). The first-order chi connectivity index (χ1) is 7.56. The fourth-order valence-electron chi connectivity index (χ4n) is 1.79. The van der Waals surface area contributed by atoms with Crippen LogP contribution in [0, 0.1) is 6.92 Å². The molecule has 0 radical (unpaired) electrons. The smallest absolute Gasteiger partial charge is 0.332 e. The summed E-state index contributed by atoms with van der Waals surface area (Å²) in [5.41, 5.74) is -0.860. The van der Waals surface area contributed by atoms with Gasteiger partial charge in [0, 0.05) is 11.8 Å². The van der Waals surface area contributed by atoms with Crippen molar-refractivity contribution in [3.8, 4) is 0 Å². The number of carboxylic acid groups (broad SMARTS) is 1. The summed E-state index contributed by atoms with van der Waals surface area (Å²) < 4.78 is 1.13. The number of hydrogen-bond donors (Lipinski definition) is 1. The Kier molecular flexibility index (Phi) is 2.75. The predicted molar refractivity (Wildman–Crippen MR) is 60.8 cm³/mol. The molecule has 86 valence electrons. The van der Waals surface area contributed by atoms with E-state index in [0.717, 1.165) is 10.4 Å². The summed E-state index contributed by atoms with van der Waals surface area (Å²) in [7, 11) is 0. The summed E-state index contributed by atoms with van der Waals surface area (Å²) in [5.74, 6) is 0.172. The lowest BCUT2D eigenvalue weighted by Gasteiger charge is -2.24. The van der Waals surface area contributed by atoms with Crippen molar-refractivity contribution in [3.63, 3.8) is 0 Å². The third-order valence-corrected chi connectivity index (χ3v) is 3.91. The van der Waals surface area contributed by atoms with E-state index in [4.69, 9.17) is 0 Å². The molecule has 1 atom stereocenters. The third kappa shape index (κ3) is 1.63. The van der Waals surface area contributed by atoms with E-state index in [-0.39, 0.29) is 5.56 Å². The molecular formula is C10H12N2O3S. The minimum Gasteiger partial charge on any atom is -0.479 e. The van der Waals surface area contributed by atoms with Gasteiger partial charge in [0.1, 0.15) is 0 Å². The van der Waals surface area contributed by atoms with Crippen molar-refractivity contribution in [1.82, 2.24) is 9.78 Å². The number of aryl methyl sites for hydroxylation is 1. The molecule has 0 amide bonds. The van der Waals surface area contributed by atoms with Crippen molar-refractivity contribution in [2.24, 2.45) is 0 Å². The van der Waals surface area contributed by atoms with Crippen LogP contribution in [0.2, 0.25) is 0 Å². The molecule has 0 spiro atoms. The molecule has 0 aromatic carbocycles. The lowest BCUT2D eigenvalue weighted by molar-refractivity contribution is -0.146. The van der Waals surface area contributed by atoms with Gasteiger partial charge in [0.25, 0.3) is 5.56 Å². The summed E-state index contributed by atoms with van der Waals surface area (Å²) >= 11 is 1.54. The van der Waals surface area contributed by atoms with Gasteiger partial charge in [0.15, 0.2) is 5.54 Å². The van der Waals surface area contributed by atoms with Crippen molar-refractivity contribution in [3.05, 3.63) is 28.2 Å².